The van der Waals surface area contributed by atoms with E-state index in [1.54, 1.807) is 0 Å². The van der Waals surface area contributed by atoms with E-state index in [1.807, 2.05) is 12.1 Å². The number of rotatable bonds is 4. The number of piperidine rings is 1. The lowest BCUT2D eigenvalue weighted by Gasteiger charge is -2.26. The van der Waals surface area contributed by atoms with Gasteiger partial charge >= 0.3 is 0 Å². The molecule has 2 amide bonds. The maximum atomic E-state index is 12.1. The second-order valence-electron chi connectivity index (χ2n) is 6.08. The molecular weight excluding hydrogens is 292 g/mol. The summed E-state index contributed by atoms with van der Waals surface area (Å²) >= 11 is 0. The van der Waals surface area contributed by atoms with Crippen molar-refractivity contribution in [1.82, 2.24) is 10.3 Å². The van der Waals surface area contributed by atoms with Gasteiger partial charge in [-0.2, -0.15) is 5.10 Å². The lowest BCUT2D eigenvalue weighted by Crippen LogP contribution is -2.32. The van der Waals surface area contributed by atoms with Crippen LogP contribution in [0.2, 0.25) is 0 Å². The summed E-state index contributed by atoms with van der Waals surface area (Å²) in [6.07, 6.45) is 4.59. The zero-order valence-corrected chi connectivity index (χ0v) is 13.2. The van der Waals surface area contributed by atoms with E-state index < -0.39 is 0 Å². The lowest BCUT2D eigenvalue weighted by atomic mass is 10.1. The Morgan fingerprint density at radius 2 is 1.87 bits per heavy atom. The van der Waals surface area contributed by atoms with Crippen molar-refractivity contribution in [2.24, 2.45) is 5.10 Å². The Kier molecular flexibility index (Phi) is 5.02. The number of amides is 2. The van der Waals surface area contributed by atoms with Gasteiger partial charge in [-0.3, -0.25) is 14.5 Å². The highest BCUT2D eigenvalue weighted by atomic mass is 16.2. The summed E-state index contributed by atoms with van der Waals surface area (Å²) in [5.41, 5.74) is 4.70. The van der Waals surface area contributed by atoms with Crippen LogP contribution in [0.4, 0.5) is 5.69 Å². The van der Waals surface area contributed by atoms with Gasteiger partial charge in [-0.15, -0.1) is 0 Å². The minimum Gasteiger partial charge on any atom is -0.321 e. The normalized spacial score (nSPS) is 19.0. The van der Waals surface area contributed by atoms with Gasteiger partial charge in [-0.1, -0.05) is 18.6 Å². The summed E-state index contributed by atoms with van der Waals surface area (Å²) in [4.78, 5) is 25.6. The highest BCUT2D eigenvalue weighted by molar-refractivity contribution is 6.43. The van der Waals surface area contributed by atoms with Crippen molar-refractivity contribution in [1.29, 1.82) is 0 Å². The zero-order valence-electron chi connectivity index (χ0n) is 13.2. The van der Waals surface area contributed by atoms with Gasteiger partial charge < -0.3 is 5.32 Å². The van der Waals surface area contributed by atoms with Crippen LogP contribution in [0.25, 0.3) is 0 Å². The third kappa shape index (κ3) is 4.39. The largest absolute Gasteiger partial charge is 0.321 e. The molecule has 23 heavy (non-hydrogen) atoms. The van der Waals surface area contributed by atoms with Crippen LogP contribution < -0.4 is 10.7 Å². The molecule has 2 N–H and O–H groups in total. The van der Waals surface area contributed by atoms with Gasteiger partial charge in [-0.05, 0) is 43.6 Å². The van der Waals surface area contributed by atoms with Gasteiger partial charge in [0.25, 0.3) is 5.91 Å². The van der Waals surface area contributed by atoms with Gasteiger partial charge in [0.2, 0.25) is 5.91 Å². The summed E-state index contributed by atoms with van der Waals surface area (Å²) < 4.78 is 0. The van der Waals surface area contributed by atoms with E-state index in [1.165, 1.54) is 37.9 Å². The molecular formula is C17H22N4O2. The van der Waals surface area contributed by atoms with Crippen LogP contribution >= 0.6 is 0 Å². The van der Waals surface area contributed by atoms with E-state index in [9.17, 15) is 9.59 Å². The summed E-state index contributed by atoms with van der Waals surface area (Å²) in [5.74, 6) is -0.405. The molecule has 0 unspecified atom stereocenters. The van der Waals surface area contributed by atoms with Crippen molar-refractivity contribution in [2.45, 2.75) is 38.6 Å². The SMILES string of the molecule is O=C1CCC(C(=O)Nc2ccc(CN3CCCCC3)cc2)=NN1. The molecule has 1 aromatic rings. The van der Waals surface area contributed by atoms with Crippen LogP contribution in [0.5, 0.6) is 0 Å². The maximum absolute atomic E-state index is 12.1. The molecule has 0 bridgehead atoms. The van der Waals surface area contributed by atoms with E-state index in [0.29, 0.717) is 18.6 Å². The maximum Gasteiger partial charge on any atom is 0.271 e. The molecule has 0 atom stereocenters. The van der Waals surface area contributed by atoms with Crippen molar-refractivity contribution < 1.29 is 9.59 Å². The molecule has 0 saturated carbocycles. The predicted octanol–water partition coefficient (Wildman–Crippen LogP) is 1.88. The average molecular weight is 314 g/mol. The first-order valence-corrected chi connectivity index (χ1v) is 8.19. The van der Waals surface area contributed by atoms with Gasteiger partial charge in [-0.25, -0.2) is 5.43 Å². The highest BCUT2D eigenvalue weighted by Crippen LogP contribution is 2.15. The molecule has 6 heteroatoms. The highest BCUT2D eigenvalue weighted by Gasteiger charge is 2.18. The van der Waals surface area contributed by atoms with E-state index >= 15 is 0 Å². The number of nitrogens with one attached hydrogen (secondary N) is 2. The number of hydrazone groups is 1. The lowest BCUT2D eigenvalue weighted by molar-refractivity contribution is -0.121. The Labute approximate surface area is 135 Å². The second-order valence-corrected chi connectivity index (χ2v) is 6.08. The molecule has 0 aromatic heterocycles. The molecule has 1 saturated heterocycles. The minimum absolute atomic E-state index is 0.149. The predicted molar refractivity (Wildman–Crippen MR) is 89.0 cm³/mol. The topological polar surface area (TPSA) is 73.8 Å². The molecule has 0 aliphatic carbocycles. The van der Waals surface area contributed by atoms with Crippen molar-refractivity contribution >= 4 is 23.2 Å². The second kappa shape index (κ2) is 7.37. The molecule has 3 rings (SSSR count). The molecule has 0 radical (unpaired) electrons. The van der Waals surface area contributed by atoms with Crippen LogP contribution in [-0.4, -0.2) is 35.5 Å². The molecule has 2 aliphatic heterocycles. The van der Waals surface area contributed by atoms with Crippen LogP contribution in [0.1, 0.15) is 37.7 Å². The number of carbonyl (C=O) groups is 2. The van der Waals surface area contributed by atoms with E-state index in [0.717, 1.165) is 12.2 Å². The number of carbonyl (C=O) groups excluding carboxylic acids is 2. The van der Waals surface area contributed by atoms with E-state index in [-0.39, 0.29) is 11.8 Å². The average Bonchev–Trinajstić information content (AvgIpc) is 2.58. The van der Waals surface area contributed by atoms with Crippen molar-refractivity contribution in [3.8, 4) is 0 Å². The molecule has 6 nitrogen and oxygen atoms in total. The molecule has 2 aliphatic rings. The van der Waals surface area contributed by atoms with Gasteiger partial charge in [0, 0.05) is 25.1 Å². The minimum atomic E-state index is -0.256. The summed E-state index contributed by atoms with van der Waals surface area (Å²) in [6.45, 7) is 3.31. The number of anilines is 1. The first-order valence-electron chi connectivity index (χ1n) is 8.19. The number of nitrogens with zero attached hydrogens (tertiary/aromatic N) is 2. The monoisotopic (exact) mass is 314 g/mol. The first kappa shape index (κ1) is 15.7. The molecule has 0 spiro atoms. The number of likely N-dealkylation sites (tertiary alicyclic amines) is 1. The standard InChI is InChI=1S/C17H22N4O2/c22-16-9-8-15(19-20-16)17(23)18-14-6-4-13(5-7-14)12-21-10-2-1-3-11-21/h4-7H,1-3,8-12H2,(H,18,23)(H,20,22). The Morgan fingerprint density at radius 3 is 2.52 bits per heavy atom. The molecule has 1 fully saturated rings. The van der Waals surface area contributed by atoms with E-state index in [2.05, 4.69) is 32.9 Å². The number of hydrogen-bond acceptors (Lipinski definition) is 4. The molecule has 1 aromatic carbocycles. The Morgan fingerprint density at radius 1 is 1.13 bits per heavy atom. The fourth-order valence-electron chi connectivity index (χ4n) is 2.91. The molecule has 122 valence electrons. The summed E-state index contributed by atoms with van der Waals surface area (Å²) in [7, 11) is 0. The van der Waals surface area contributed by atoms with Crippen LogP contribution in [0.15, 0.2) is 29.4 Å². The van der Waals surface area contributed by atoms with Crippen LogP contribution in [0, 0.1) is 0 Å². The third-order valence-electron chi connectivity index (χ3n) is 4.23. The van der Waals surface area contributed by atoms with Gasteiger partial charge in [0.1, 0.15) is 5.71 Å². The Balaban J connectivity index is 1.54. The van der Waals surface area contributed by atoms with Crippen LogP contribution in [0.3, 0.4) is 0 Å². The Hall–Kier alpha value is -2.21. The quantitative estimate of drug-likeness (QED) is 0.891. The number of benzene rings is 1. The van der Waals surface area contributed by atoms with Crippen LogP contribution in [-0.2, 0) is 16.1 Å². The summed E-state index contributed by atoms with van der Waals surface area (Å²) in [6, 6.07) is 7.93. The molecule has 2 heterocycles. The first-order chi connectivity index (χ1) is 11.2. The van der Waals surface area contributed by atoms with Gasteiger partial charge in [0.15, 0.2) is 0 Å². The van der Waals surface area contributed by atoms with Crippen molar-refractivity contribution in [3.63, 3.8) is 0 Å². The van der Waals surface area contributed by atoms with Crippen molar-refractivity contribution in [3.05, 3.63) is 29.8 Å². The fraction of sp³-hybridized carbons (Fsp3) is 0.471. The Bertz CT molecular complexity index is 604. The van der Waals surface area contributed by atoms with Crippen molar-refractivity contribution in [2.75, 3.05) is 18.4 Å². The zero-order chi connectivity index (χ0) is 16.1. The third-order valence-corrected chi connectivity index (χ3v) is 4.23. The fourth-order valence-corrected chi connectivity index (χ4v) is 2.91. The van der Waals surface area contributed by atoms with E-state index in [4.69, 9.17) is 0 Å². The summed E-state index contributed by atoms with van der Waals surface area (Å²) in [5, 5.41) is 6.62. The van der Waals surface area contributed by atoms with Gasteiger partial charge in [0.05, 0.1) is 0 Å². The smallest absolute Gasteiger partial charge is 0.271 e. The number of hydrogen-bond donors (Lipinski definition) is 2.